The van der Waals surface area contributed by atoms with Crippen molar-refractivity contribution in [3.63, 3.8) is 0 Å². The molecule has 1 rings (SSSR count). The van der Waals surface area contributed by atoms with Crippen molar-refractivity contribution in [2.45, 2.75) is 90.4 Å². The van der Waals surface area contributed by atoms with Crippen molar-refractivity contribution in [1.29, 1.82) is 0 Å². The van der Waals surface area contributed by atoms with Gasteiger partial charge in [0.1, 0.15) is 5.69 Å². The molecule has 0 spiro atoms. The van der Waals surface area contributed by atoms with Crippen LogP contribution in [0.1, 0.15) is 90.4 Å². The van der Waals surface area contributed by atoms with Gasteiger partial charge in [-0.1, -0.05) is 84.0 Å². The van der Waals surface area contributed by atoms with Crippen molar-refractivity contribution in [3.8, 4) is 0 Å². The predicted octanol–water partition coefficient (Wildman–Crippen LogP) is 7.17. The zero-order chi connectivity index (χ0) is 41.8. The third-order valence-electron chi connectivity index (χ3n) is 8.69. The van der Waals surface area contributed by atoms with Gasteiger partial charge in [0.15, 0.2) is 0 Å². The molecule has 0 aliphatic heterocycles. The van der Waals surface area contributed by atoms with Crippen molar-refractivity contribution in [2.75, 3.05) is 144 Å². The molecule has 0 atom stereocenters. The second-order valence-corrected chi connectivity index (χ2v) is 13.5. The molecule has 0 unspecified atom stereocenters. The van der Waals surface area contributed by atoms with Crippen LogP contribution in [0.5, 0.6) is 0 Å². The zero-order valence-corrected chi connectivity index (χ0v) is 35.4. The third-order valence-corrected chi connectivity index (χ3v) is 8.69. The maximum atomic E-state index is 11.2. The van der Waals surface area contributed by atoms with Gasteiger partial charge in [0, 0.05) is 19.2 Å². The average molecular weight is 834 g/mol. The highest BCUT2D eigenvalue weighted by atomic mass is 16.6. The lowest BCUT2D eigenvalue weighted by atomic mass is 10.0. The molecule has 1 aromatic rings. The Balaban J connectivity index is 1.67. The molecule has 0 radical (unpaired) electrons. The van der Waals surface area contributed by atoms with Crippen LogP contribution < -0.4 is 5.32 Å². The number of hydrogen-bond donors (Lipinski definition) is 1. The summed E-state index contributed by atoms with van der Waals surface area (Å²) in [6, 6.07) is 3.44. The summed E-state index contributed by atoms with van der Waals surface area (Å²) in [5.41, 5.74) is -0.517. The van der Waals surface area contributed by atoms with E-state index >= 15 is 0 Å². The number of rotatable bonds is 47. The van der Waals surface area contributed by atoms with E-state index in [4.69, 9.17) is 47.4 Å². The van der Waals surface area contributed by atoms with E-state index in [0.29, 0.717) is 125 Å². The number of nitrogens with one attached hydrogen (secondary N) is 1. The van der Waals surface area contributed by atoms with Crippen LogP contribution in [0.15, 0.2) is 18.2 Å². The van der Waals surface area contributed by atoms with Crippen LogP contribution in [0, 0.1) is 20.2 Å². The summed E-state index contributed by atoms with van der Waals surface area (Å²) >= 11 is 0. The summed E-state index contributed by atoms with van der Waals surface area (Å²) in [6.07, 6.45) is 17.7. The van der Waals surface area contributed by atoms with Gasteiger partial charge in [0.05, 0.1) is 141 Å². The quantitative estimate of drug-likeness (QED) is 0.0395. The van der Waals surface area contributed by atoms with Crippen molar-refractivity contribution in [2.24, 2.45) is 0 Å². The Kier molecular flexibility index (Phi) is 39.2. The molecule has 0 aliphatic carbocycles. The van der Waals surface area contributed by atoms with E-state index in [0.717, 1.165) is 19.1 Å². The molecule has 0 fully saturated rings. The minimum absolute atomic E-state index is 0.189. The lowest BCUT2D eigenvalue weighted by molar-refractivity contribution is -0.393. The van der Waals surface area contributed by atoms with E-state index in [1.54, 1.807) is 0 Å². The number of nitro groups is 2. The minimum Gasteiger partial charge on any atom is -0.379 e. The molecule has 17 heteroatoms. The monoisotopic (exact) mass is 834 g/mol. The first kappa shape index (κ1) is 53.4. The van der Waals surface area contributed by atoms with Crippen molar-refractivity contribution in [3.05, 3.63) is 38.4 Å². The molecule has 0 heterocycles. The Morgan fingerprint density at radius 3 is 1.05 bits per heavy atom. The molecule has 1 aromatic carbocycles. The van der Waals surface area contributed by atoms with Crippen LogP contribution in [0.25, 0.3) is 0 Å². The number of nitro benzene ring substituents is 2. The van der Waals surface area contributed by atoms with Gasteiger partial charge in [-0.2, -0.15) is 0 Å². The molecular formula is C41H75N3O14. The average Bonchev–Trinajstić information content (AvgIpc) is 3.22. The summed E-state index contributed by atoms with van der Waals surface area (Å²) < 4.78 is 55.1. The van der Waals surface area contributed by atoms with E-state index in [-0.39, 0.29) is 23.7 Å². The smallest absolute Gasteiger partial charge is 0.299 e. The number of unbranched alkanes of at least 4 members (excludes halogenated alkanes) is 12. The molecule has 0 saturated heterocycles. The number of hydrogen-bond acceptors (Lipinski definition) is 15. The number of anilines is 1. The molecule has 338 valence electrons. The maximum absolute atomic E-state index is 11.2. The topological polar surface area (TPSA) is 191 Å². The lowest BCUT2D eigenvalue weighted by Gasteiger charge is -2.09. The van der Waals surface area contributed by atoms with Crippen LogP contribution >= 0.6 is 0 Å². The van der Waals surface area contributed by atoms with Crippen LogP contribution in [-0.4, -0.2) is 149 Å². The molecule has 0 aliphatic rings. The molecule has 1 N–H and O–H groups in total. The van der Waals surface area contributed by atoms with E-state index in [9.17, 15) is 20.2 Å². The summed E-state index contributed by atoms with van der Waals surface area (Å²) in [6.45, 7) is 12.3. The van der Waals surface area contributed by atoms with Crippen molar-refractivity contribution < 1.29 is 57.2 Å². The first-order valence-electron chi connectivity index (χ1n) is 21.5. The lowest BCUT2D eigenvalue weighted by Crippen LogP contribution is -2.16. The van der Waals surface area contributed by atoms with Gasteiger partial charge in [0.25, 0.3) is 11.4 Å². The summed E-state index contributed by atoms with van der Waals surface area (Å²) in [5, 5.41) is 24.8. The van der Waals surface area contributed by atoms with Crippen LogP contribution in [-0.2, 0) is 47.4 Å². The van der Waals surface area contributed by atoms with Crippen LogP contribution in [0.3, 0.4) is 0 Å². The first-order chi connectivity index (χ1) is 28.6. The number of ether oxygens (including phenoxy) is 10. The van der Waals surface area contributed by atoms with E-state index in [2.05, 4.69) is 12.2 Å². The van der Waals surface area contributed by atoms with Crippen molar-refractivity contribution >= 4 is 17.1 Å². The maximum Gasteiger partial charge on any atom is 0.299 e. The Morgan fingerprint density at radius 1 is 0.414 bits per heavy atom. The van der Waals surface area contributed by atoms with E-state index in [1.165, 1.54) is 89.2 Å². The molecule has 0 aromatic heterocycles. The second-order valence-electron chi connectivity index (χ2n) is 13.5. The SMILES string of the molecule is CCCCCCCCCCCCCCCOCCOCCOCCOCCOCCOCCOCCOCCOCCOCCNc1ccc([N+](=O)[O-])cc1[N+](=O)[O-]. The number of non-ortho nitro benzene ring substituents is 1. The summed E-state index contributed by atoms with van der Waals surface area (Å²) in [4.78, 5) is 20.6. The van der Waals surface area contributed by atoms with Gasteiger partial charge in [-0.05, 0) is 12.5 Å². The number of nitrogens with zero attached hydrogens (tertiary/aromatic N) is 2. The largest absolute Gasteiger partial charge is 0.379 e. The van der Waals surface area contributed by atoms with Crippen LogP contribution in [0.4, 0.5) is 17.1 Å². The molecule has 0 saturated carbocycles. The second kappa shape index (κ2) is 42.5. The van der Waals surface area contributed by atoms with E-state index < -0.39 is 9.85 Å². The Hall–Kier alpha value is -2.58. The Labute approximate surface area is 346 Å². The summed E-state index contributed by atoms with van der Waals surface area (Å²) in [5.74, 6) is 0. The first-order valence-corrected chi connectivity index (χ1v) is 21.5. The third kappa shape index (κ3) is 35.4. The fourth-order valence-corrected chi connectivity index (χ4v) is 5.50. The minimum atomic E-state index is -0.677. The van der Waals surface area contributed by atoms with Crippen molar-refractivity contribution in [1.82, 2.24) is 0 Å². The molecule has 17 nitrogen and oxygen atoms in total. The van der Waals surface area contributed by atoms with Gasteiger partial charge >= 0.3 is 0 Å². The molecular weight excluding hydrogens is 758 g/mol. The van der Waals surface area contributed by atoms with E-state index in [1.807, 2.05) is 0 Å². The van der Waals surface area contributed by atoms with Gasteiger partial charge < -0.3 is 52.7 Å². The highest BCUT2D eigenvalue weighted by Gasteiger charge is 2.19. The fourth-order valence-electron chi connectivity index (χ4n) is 5.50. The Morgan fingerprint density at radius 2 is 0.724 bits per heavy atom. The molecule has 0 amide bonds. The Bertz CT molecular complexity index is 1070. The number of benzene rings is 1. The fraction of sp³-hybridized carbons (Fsp3) is 0.854. The van der Waals surface area contributed by atoms with Gasteiger partial charge in [0.2, 0.25) is 0 Å². The predicted molar refractivity (Wildman–Crippen MR) is 222 cm³/mol. The van der Waals surface area contributed by atoms with Crippen LogP contribution in [0.2, 0.25) is 0 Å². The molecule has 0 bridgehead atoms. The standard InChI is InChI=1S/C41H75N3O14/c1-2-3-4-5-6-7-8-9-10-11-12-13-14-18-49-20-22-51-24-26-53-28-30-55-32-34-57-36-37-58-35-33-56-31-29-54-27-25-52-23-21-50-19-17-42-40-16-15-39(43(45)46)38-41(40)44(47)48/h15-16,38,42H,2-14,17-37H2,1H3. The summed E-state index contributed by atoms with van der Waals surface area (Å²) in [7, 11) is 0. The zero-order valence-electron chi connectivity index (χ0n) is 35.4. The molecule has 58 heavy (non-hydrogen) atoms. The normalized spacial score (nSPS) is 11.4. The highest BCUT2D eigenvalue weighted by Crippen LogP contribution is 2.28. The van der Waals surface area contributed by atoms with Gasteiger partial charge in [-0.25, -0.2) is 0 Å². The highest BCUT2D eigenvalue weighted by molar-refractivity contribution is 5.65. The van der Waals surface area contributed by atoms with Gasteiger partial charge in [-0.15, -0.1) is 0 Å². The van der Waals surface area contributed by atoms with Gasteiger partial charge in [-0.3, -0.25) is 20.2 Å².